The van der Waals surface area contributed by atoms with E-state index in [1.807, 2.05) is 23.5 Å². The number of fused-ring (bicyclic) bond motifs is 12. The van der Waals surface area contributed by atoms with E-state index in [0.29, 0.717) is 11.6 Å². The number of benzene rings is 8. The van der Waals surface area contributed by atoms with Crippen molar-refractivity contribution >= 4 is 97.4 Å². The van der Waals surface area contributed by atoms with E-state index < -0.39 is 0 Å². The van der Waals surface area contributed by atoms with Gasteiger partial charge in [0.15, 0.2) is 11.6 Å². The van der Waals surface area contributed by atoms with Crippen LogP contribution in [0.1, 0.15) is 0 Å². The van der Waals surface area contributed by atoms with Gasteiger partial charge in [-0.25, -0.2) is 4.98 Å². The second kappa shape index (κ2) is 10.9. The lowest BCUT2D eigenvalue weighted by Crippen LogP contribution is -1.97. The minimum atomic E-state index is 0.148. The quantitative estimate of drug-likeness (QED) is 0.173. The molecule has 0 fully saturated rings. The molecule has 0 aliphatic rings. The maximum Gasteiger partial charge on any atom is 0.226 e. The van der Waals surface area contributed by atoms with Crippen molar-refractivity contribution in [1.29, 1.82) is 0 Å². The zero-order valence-corrected chi connectivity index (χ0v) is 28.5. The topological polar surface area (TPSA) is 51.8 Å². The molecule has 51 heavy (non-hydrogen) atoms. The Morgan fingerprint density at radius 3 is 1.61 bits per heavy atom. The highest BCUT2D eigenvalue weighted by Crippen LogP contribution is 2.42. The van der Waals surface area contributed by atoms with Gasteiger partial charge in [0, 0.05) is 42.1 Å². The number of nitrogens with zero attached hydrogens (tertiary/aromatic N) is 3. The molecule has 4 nitrogen and oxygen atoms in total. The van der Waals surface area contributed by atoms with Crippen LogP contribution in [-0.4, -0.2) is 15.0 Å². The summed E-state index contributed by atoms with van der Waals surface area (Å²) in [6, 6.07) is 51.2. The van der Waals surface area contributed by atoms with Crippen LogP contribution in [0.4, 0.5) is 0 Å². The van der Waals surface area contributed by atoms with Crippen LogP contribution in [0.3, 0.4) is 0 Å². The third-order valence-electron chi connectivity index (χ3n) is 10.1. The average molecular weight is 690 g/mol. The molecule has 11 aromatic rings. The Kier molecular flexibility index (Phi) is 6.14. The normalized spacial score (nSPS) is 12.0. The lowest BCUT2D eigenvalue weighted by Gasteiger charge is -2.12. The van der Waals surface area contributed by atoms with E-state index in [1.54, 1.807) is 0 Å². The molecule has 0 bridgehead atoms. The van der Waals surface area contributed by atoms with E-state index in [4.69, 9.17) is 21.0 Å². The number of hydrogen-bond acceptors (Lipinski definition) is 5. The van der Waals surface area contributed by atoms with Gasteiger partial charge in [-0.2, -0.15) is 9.97 Å². The third-order valence-corrected chi connectivity index (χ3v) is 11.4. The van der Waals surface area contributed by atoms with E-state index in [-0.39, 0.29) is 5.28 Å². The molecular weight excluding hydrogens is 666 g/mol. The Labute approximate surface area is 300 Å². The first kappa shape index (κ1) is 28.7. The molecule has 0 radical (unpaired) electrons. The van der Waals surface area contributed by atoms with E-state index >= 15 is 0 Å². The highest BCUT2D eigenvalue weighted by Gasteiger charge is 2.17. The summed E-state index contributed by atoms with van der Waals surface area (Å²) in [4.78, 5) is 14.2. The molecular formula is C45H24ClN3OS. The molecule has 0 spiro atoms. The largest absolute Gasteiger partial charge is 0.456 e. The van der Waals surface area contributed by atoms with Gasteiger partial charge in [-0.1, -0.05) is 103 Å². The Morgan fingerprint density at radius 1 is 0.412 bits per heavy atom. The number of aromatic nitrogens is 3. The summed E-state index contributed by atoms with van der Waals surface area (Å²) in [7, 11) is 0. The number of halogens is 1. The summed E-state index contributed by atoms with van der Waals surface area (Å²) in [5.74, 6) is 1.04. The highest BCUT2D eigenvalue weighted by atomic mass is 35.5. The molecule has 0 N–H and O–H groups in total. The van der Waals surface area contributed by atoms with Crippen molar-refractivity contribution in [3.63, 3.8) is 0 Å². The van der Waals surface area contributed by atoms with Crippen LogP contribution in [0.2, 0.25) is 5.28 Å². The summed E-state index contributed by atoms with van der Waals surface area (Å²) in [5, 5.41) is 12.0. The Bertz CT molecular complexity index is 3200. The van der Waals surface area contributed by atoms with Crippen LogP contribution in [0.25, 0.3) is 108 Å². The molecule has 0 unspecified atom stereocenters. The first-order chi connectivity index (χ1) is 25.2. The van der Waals surface area contributed by atoms with Crippen molar-refractivity contribution in [3.05, 3.63) is 151 Å². The Morgan fingerprint density at radius 2 is 0.922 bits per heavy atom. The average Bonchev–Trinajstić information content (AvgIpc) is 3.75. The van der Waals surface area contributed by atoms with Crippen LogP contribution in [0, 0.1) is 0 Å². The van der Waals surface area contributed by atoms with Crippen molar-refractivity contribution in [2.45, 2.75) is 0 Å². The zero-order chi connectivity index (χ0) is 33.6. The first-order valence-corrected chi connectivity index (χ1v) is 18.0. The van der Waals surface area contributed by atoms with Gasteiger partial charge in [0.1, 0.15) is 11.2 Å². The third kappa shape index (κ3) is 4.42. The number of thiophene rings is 1. The maximum atomic E-state index is 6.62. The lowest BCUT2D eigenvalue weighted by molar-refractivity contribution is 0.669. The van der Waals surface area contributed by atoms with Crippen LogP contribution in [0.15, 0.2) is 150 Å². The standard InChI is InChI=1S/C45H24ClN3OS/c46-45-48-43(26-16-19-33-31-10-2-1-8-29(31)30-9-3-4-11-32(30)36(33)23-26)47-44(49-45)27-18-21-40-38(24-27)37-22-25(17-20-39(37)50-40)28-13-7-14-35-34-12-5-6-15-41(34)51-42(28)35/h1-24H. The summed E-state index contributed by atoms with van der Waals surface area (Å²) in [6.07, 6.45) is 0. The van der Waals surface area contributed by atoms with Crippen LogP contribution >= 0.6 is 22.9 Å². The van der Waals surface area contributed by atoms with E-state index in [0.717, 1.165) is 44.0 Å². The van der Waals surface area contributed by atoms with Crippen molar-refractivity contribution in [2.75, 3.05) is 0 Å². The predicted octanol–water partition coefficient (Wildman–Crippen LogP) is 13.3. The second-order valence-electron chi connectivity index (χ2n) is 12.9. The van der Waals surface area contributed by atoms with Crippen molar-refractivity contribution < 1.29 is 4.42 Å². The van der Waals surface area contributed by atoms with Gasteiger partial charge < -0.3 is 4.42 Å². The van der Waals surface area contributed by atoms with E-state index in [2.05, 4.69) is 143 Å². The fourth-order valence-electron chi connectivity index (χ4n) is 7.71. The SMILES string of the molecule is Clc1nc(-c2ccc3oc4ccc(-c5cccc6c5sc5ccccc56)cc4c3c2)nc(-c2ccc3c4ccccc4c4ccccc4c3c2)n1. The van der Waals surface area contributed by atoms with Gasteiger partial charge in [-0.3, -0.25) is 0 Å². The lowest BCUT2D eigenvalue weighted by atomic mass is 9.93. The molecule has 0 amide bonds. The second-order valence-corrected chi connectivity index (χ2v) is 14.3. The molecule has 0 atom stereocenters. The highest BCUT2D eigenvalue weighted by molar-refractivity contribution is 7.26. The zero-order valence-electron chi connectivity index (χ0n) is 26.9. The van der Waals surface area contributed by atoms with E-state index in [1.165, 1.54) is 52.7 Å². The molecule has 3 aromatic heterocycles. The van der Waals surface area contributed by atoms with Crippen LogP contribution < -0.4 is 0 Å². The number of hydrogen-bond donors (Lipinski definition) is 0. The predicted molar refractivity (Wildman–Crippen MR) is 214 cm³/mol. The van der Waals surface area contributed by atoms with Crippen molar-refractivity contribution in [1.82, 2.24) is 15.0 Å². The maximum absolute atomic E-state index is 6.62. The van der Waals surface area contributed by atoms with Crippen molar-refractivity contribution in [2.24, 2.45) is 0 Å². The van der Waals surface area contributed by atoms with Crippen LogP contribution in [0.5, 0.6) is 0 Å². The van der Waals surface area contributed by atoms with Gasteiger partial charge in [0.25, 0.3) is 0 Å². The van der Waals surface area contributed by atoms with Gasteiger partial charge in [0.2, 0.25) is 5.28 Å². The summed E-state index contributed by atoms with van der Waals surface area (Å²) < 4.78 is 8.89. The van der Waals surface area contributed by atoms with Gasteiger partial charge in [-0.05, 0) is 97.5 Å². The number of furan rings is 1. The molecule has 0 aliphatic heterocycles. The van der Waals surface area contributed by atoms with E-state index in [9.17, 15) is 0 Å². The Hall–Kier alpha value is -6.14. The first-order valence-electron chi connectivity index (χ1n) is 16.8. The van der Waals surface area contributed by atoms with Gasteiger partial charge >= 0.3 is 0 Å². The molecule has 6 heteroatoms. The summed E-state index contributed by atoms with van der Waals surface area (Å²) in [6.45, 7) is 0. The minimum Gasteiger partial charge on any atom is -0.456 e. The summed E-state index contributed by atoms with van der Waals surface area (Å²) in [5.41, 5.74) is 5.72. The number of rotatable bonds is 3. The molecule has 238 valence electrons. The molecule has 0 saturated heterocycles. The monoisotopic (exact) mass is 689 g/mol. The van der Waals surface area contributed by atoms with Crippen molar-refractivity contribution in [3.8, 4) is 33.9 Å². The summed E-state index contributed by atoms with van der Waals surface area (Å²) >= 11 is 8.46. The minimum absolute atomic E-state index is 0.148. The molecule has 0 aliphatic carbocycles. The van der Waals surface area contributed by atoms with Gasteiger partial charge in [-0.15, -0.1) is 11.3 Å². The molecule has 8 aromatic carbocycles. The molecule has 0 saturated carbocycles. The fourth-order valence-corrected chi connectivity index (χ4v) is 9.11. The van der Waals surface area contributed by atoms with Gasteiger partial charge in [0.05, 0.1) is 0 Å². The fraction of sp³-hybridized carbons (Fsp3) is 0. The molecule has 11 rings (SSSR count). The van der Waals surface area contributed by atoms with Crippen LogP contribution in [-0.2, 0) is 0 Å². The molecule has 3 heterocycles. The smallest absolute Gasteiger partial charge is 0.226 e. The Balaban J connectivity index is 1.05.